The Labute approximate surface area is 80.6 Å². The monoisotopic (exact) mass is 262 g/mol. The molecule has 11 heavy (non-hydrogen) atoms. The lowest BCUT2D eigenvalue weighted by atomic mass is 9.99. The van der Waals surface area contributed by atoms with Gasteiger partial charge in [-0.1, -0.05) is 12.1 Å². The van der Waals surface area contributed by atoms with E-state index in [-0.39, 0.29) is 0 Å². The third-order valence-corrected chi connectivity index (χ3v) is 2.27. The summed E-state index contributed by atoms with van der Waals surface area (Å²) < 4.78 is 1.19. The molecule has 0 aromatic heterocycles. The summed E-state index contributed by atoms with van der Waals surface area (Å²) in [4.78, 5) is 0. The van der Waals surface area contributed by atoms with Crippen LogP contribution in [0.3, 0.4) is 0 Å². The van der Waals surface area contributed by atoms with Crippen molar-refractivity contribution in [2.45, 2.75) is 19.4 Å². The number of benzene rings is 1. The summed E-state index contributed by atoms with van der Waals surface area (Å²) in [5.41, 5.74) is 0.238. The van der Waals surface area contributed by atoms with Gasteiger partial charge in [-0.2, -0.15) is 0 Å². The molecule has 0 aliphatic carbocycles. The van der Waals surface area contributed by atoms with Crippen molar-refractivity contribution >= 4 is 22.6 Å². The van der Waals surface area contributed by atoms with Gasteiger partial charge in [-0.3, -0.25) is 0 Å². The van der Waals surface area contributed by atoms with Crippen LogP contribution in [0, 0.1) is 3.57 Å². The van der Waals surface area contributed by atoms with E-state index in [4.69, 9.17) is 0 Å². The molecule has 1 aromatic carbocycles. The van der Waals surface area contributed by atoms with Crippen molar-refractivity contribution in [2.24, 2.45) is 0 Å². The third kappa shape index (κ3) is 2.45. The summed E-state index contributed by atoms with van der Waals surface area (Å²) in [6.07, 6.45) is 0. The summed E-state index contributed by atoms with van der Waals surface area (Å²) in [6, 6.07) is 7.88. The summed E-state index contributed by atoms with van der Waals surface area (Å²) >= 11 is 2.24. The molecule has 0 unspecified atom stereocenters. The fraction of sp³-hybridized carbons (Fsp3) is 0.333. The second kappa shape index (κ2) is 3.11. The molecule has 2 heteroatoms. The average Bonchev–Trinajstić information content (AvgIpc) is 1.86. The third-order valence-electron chi connectivity index (χ3n) is 1.55. The number of rotatable bonds is 1. The molecule has 0 heterocycles. The fourth-order valence-electron chi connectivity index (χ4n) is 0.858. The molecule has 0 aliphatic heterocycles. The van der Waals surface area contributed by atoms with Crippen molar-refractivity contribution < 1.29 is 5.11 Å². The van der Waals surface area contributed by atoms with E-state index in [9.17, 15) is 5.11 Å². The van der Waals surface area contributed by atoms with E-state index in [2.05, 4.69) is 22.6 Å². The van der Waals surface area contributed by atoms with Crippen molar-refractivity contribution in [3.63, 3.8) is 0 Å². The highest BCUT2D eigenvalue weighted by molar-refractivity contribution is 14.1. The standard InChI is InChI=1S/C9H11IO/c1-9(2,11)7-3-5-8(10)6-4-7/h3-6,11H,1-2H3. The van der Waals surface area contributed by atoms with Crippen LogP contribution in [0.5, 0.6) is 0 Å². The van der Waals surface area contributed by atoms with E-state index in [0.29, 0.717) is 0 Å². The quantitative estimate of drug-likeness (QED) is 0.771. The molecule has 1 aromatic rings. The van der Waals surface area contributed by atoms with E-state index >= 15 is 0 Å². The first kappa shape index (κ1) is 9.00. The van der Waals surface area contributed by atoms with Crippen LogP contribution in [-0.2, 0) is 5.60 Å². The average molecular weight is 262 g/mol. The molecule has 1 N–H and O–H groups in total. The van der Waals surface area contributed by atoms with Gasteiger partial charge in [0.1, 0.15) is 0 Å². The van der Waals surface area contributed by atoms with E-state index < -0.39 is 5.60 Å². The summed E-state index contributed by atoms with van der Waals surface area (Å²) in [6.45, 7) is 3.57. The zero-order chi connectivity index (χ0) is 8.48. The minimum absolute atomic E-state index is 0.718. The van der Waals surface area contributed by atoms with Crippen molar-refractivity contribution in [1.82, 2.24) is 0 Å². The first-order valence-corrected chi connectivity index (χ1v) is 4.56. The molecule has 0 atom stereocenters. The van der Waals surface area contributed by atoms with Crippen molar-refractivity contribution in [1.29, 1.82) is 0 Å². The minimum atomic E-state index is -0.718. The van der Waals surface area contributed by atoms with E-state index in [1.165, 1.54) is 3.57 Å². The van der Waals surface area contributed by atoms with Crippen LogP contribution in [-0.4, -0.2) is 5.11 Å². The number of hydrogen-bond acceptors (Lipinski definition) is 1. The topological polar surface area (TPSA) is 20.2 Å². The predicted octanol–water partition coefficient (Wildman–Crippen LogP) is 2.52. The molecule has 0 fully saturated rings. The first-order valence-electron chi connectivity index (χ1n) is 3.48. The minimum Gasteiger partial charge on any atom is -0.386 e. The van der Waals surface area contributed by atoms with Crippen molar-refractivity contribution in [3.05, 3.63) is 33.4 Å². The molecule has 0 aliphatic rings. The highest BCUT2D eigenvalue weighted by Crippen LogP contribution is 2.19. The normalized spacial score (nSPS) is 11.6. The van der Waals surface area contributed by atoms with Gasteiger partial charge >= 0.3 is 0 Å². The molecule has 0 spiro atoms. The van der Waals surface area contributed by atoms with Gasteiger partial charge in [-0.25, -0.2) is 0 Å². The maximum atomic E-state index is 9.58. The summed E-state index contributed by atoms with van der Waals surface area (Å²) in [5.74, 6) is 0. The van der Waals surface area contributed by atoms with Crippen LogP contribution in [0.1, 0.15) is 19.4 Å². The zero-order valence-electron chi connectivity index (χ0n) is 6.63. The van der Waals surface area contributed by atoms with E-state index in [0.717, 1.165) is 5.56 Å². The van der Waals surface area contributed by atoms with Crippen LogP contribution < -0.4 is 0 Å². The lowest BCUT2D eigenvalue weighted by Crippen LogP contribution is -2.14. The van der Waals surface area contributed by atoms with Gasteiger partial charge in [-0.15, -0.1) is 0 Å². The predicted molar refractivity (Wildman–Crippen MR) is 54.4 cm³/mol. The molecule has 0 saturated carbocycles. The lowest BCUT2D eigenvalue weighted by Gasteiger charge is -2.17. The van der Waals surface area contributed by atoms with Gasteiger partial charge < -0.3 is 5.11 Å². The Morgan fingerprint density at radius 1 is 1.18 bits per heavy atom. The van der Waals surface area contributed by atoms with Crippen molar-refractivity contribution in [2.75, 3.05) is 0 Å². The number of hydrogen-bond donors (Lipinski definition) is 1. The highest BCUT2D eigenvalue weighted by atomic mass is 127. The SMILES string of the molecule is CC(C)(O)c1ccc(I)cc1. The van der Waals surface area contributed by atoms with Crippen LogP contribution in [0.25, 0.3) is 0 Å². The van der Waals surface area contributed by atoms with Gasteiger partial charge in [0.2, 0.25) is 0 Å². The van der Waals surface area contributed by atoms with Gasteiger partial charge in [-0.05, 0) is 54.1 Å². The van der Waals surface area contributed by atoms with Crippen molar-refractivity contribution in [3.8, 4) is 0 Å². The van der Waals surface area contributed by atoms with Crippen LogP contribution in [0.15, 0.2) is 24.3 Å². The van der Waals surface area contributed by atoms with E-state index in [1.54, 1.807) is 13.8 Å². The molecule has 0 radical (unpaired) electrons. The Bertz CT molecular complexity index is 233. The molecule has 60 valence electrons. The molecule has 0 amide bonds. The Hall–Kier alpha value is -0.0900. The number of aliphatic hydroxyl groups is 1. The molecule has 0 saturated heterocycles. The smallest absolute Gasteiger partial charge is 0.0840 e. The second-order valence-corrected chi connectivity index (χ2v) is 4.31. The van der Waals surface area contributed by atoms with Gasteiger partial charge in [0, 0.05) is 3.57 Å². The maximum Gasteiger partial charge on any atom is 0.0840 e. The van der Waals surface area contributed by atoms with Crippen LogP contribution >= 0.6 is 22.6 Å². The van der Waals surface area contributed by atoms with Gasteiger partial charge in [0.25, 0.3) is 0 Å². The maximum absolute atomic E-state index is 9.58. The molecular formula is C9H11IO. The lowest BCUT2D eigenvalue weighted by molar-refractivity contribution is 0.0786. The Morgan fingerprint density at radius 2 is 1.64 bits per heavy atom. The highest BCUT2D eigenvalue weighted by Gasteiger charge is 2.14. The largest absolute Gasteiger partial charge is 0.386 e. The molecule has 1 nitrogen and oxygen atoms in total. The molecule has 0 bridgehead atoms. The Morgan fingerprint density at radius 3 is 2.00 bits per heavy atom. The van der Waals surface area contributed by atoms with Gasteiger partial charge in [0.05, 0.1) is 5.60 Å². The van der Waals surface area contributed by atoms with Crippen LogP contribution in [0.4, 0.5) is 0 Å². The Balaban J connectivity index is 2.99. The molecular weight excluding hydrogens is 251 g/mol. The van der Waals surface area contributed by atoms with E-state index in [1.807, 2.05) is 24.3 Å². The number of halogens is 1. The van der Waals surface area contributed by atoms with Gasteiger partial charge in [0.15, 0.2) is 0 Å². The zero-order valence-corrected chi connectivity index (χ0v) is 8.79. The molecule has 1 rings (SSSR count). The fourth-order valence-corrected chi connectivity index (χ4v) is 1.22. The summed E-state index contributed by atoms with van der Waals surface area (Å²) in [7, 11) is 0. The first-order chi connectivity index (χ1) is 5.00. The Kier molecular flexibility index (Phi) is 2.54. The van der Waals surface area contributed by atoms with Crippen LogP contribution in [0.2, 0.25) is 0 Å². The summed E-state index contributed by atoms with van der Waals surface area (Å²) in [5, 5.41) is 9.58. The second-order valence-electron chi connectivity index (χ2n) is 3.07.